The van der Waals surface area contributed by atoms with Gasteiger partial charge in [0.05, 0.1) is 30.6 Å². The van der Waals surface area contributed by atoms with Crippen molar-refractivity contribution in [2.45, 2.75) is 19.3 Å². The molecule has 174 valence electrons. The topological polar surface area (TPSA) is 93.2 Å². The SMILES string of the molecule is COc1ccc(N2C[C@H](C(=O)Oc3cccc(N4C(=O)[C@@H]5CC=CC[C@H]5C4=O)c3)CC2=O)cc1. The van der Waals surface area contributed by atoms with E-state index in [0.717, 1.165) is 0 Å². The number of imide groups is 1. The number of carbonyl (C=O) groups is 4. The molecule has 8 nitrogen and oxygen atoms in total. The number of carbonyl (C=O) groups excluding carboxylic acids is 4. The van der Waals surface area contributed by atoms with E-state index < -0.39 is 11.9 Å². The second-order valence-electron chi connectivity index (χ2n) is 8.69. The van der Waals surface area contributed by atoms with Crippen LogP contribution in [0.1, 0.15) is 19.3 Å². The molecule has 3 atom stereocenters. The highest BCUT2D eigenvalue weighted by Gasteiger charge is 2.48. The van der Waals surface area contributed by atoms with E-state index in [1.807, 2.05) is 12.2 Å². The van der Waals surface area contributed by atoms with Gasteiger partial charge >= 0.3 is 5.97 Å². The van der Waals surface area contributed by atoms with Gasteiger partial charge in [0.2, 0.25) is 17.7 Å². The molecule has 2 aromatic rings. The van der Waals surface area contributed by atoms with Gasteiger partial charge in [0.25, 0.3) is 0 Å². The van der Waals surface area contributed by atoms with E-state index >= 15 is 0 Å². The van der Waals surface area contributed by atoms with Crippen LogP contribution in [0.25, 0.3) is 0 Å². The molecule has 5 rings (SSSR count). The van der Waals surface area contributed by atoms with E-state index in [1.54, 1.807) is 54.5 Å². The minimum atomic E-state index is -0.623. The van der Waals surface area contributed by atoms with Crippen molar-refractivity contribution in [1.82, 2.24) is 0 Å². The minimum Gasteiger partial charge on any atom is -0.497 e. The highest BCUT2D eigenvalue weighted by Crippen LogP contribution is 2.38. The number of methoxy groups -OCH3 is 1. The summed E-state index contributed by atoms with van der Waals surface area (Å²) in [6.07, 6.45) is 5.03. The molecule has 2 fully saturated rings. The second-order valence-corrected chi connectivity index (χ2v) is 8.69. The standard InChI is InChI=1S/C26H24N2O6/c1-33-19-11-9-17(10-12-19)27-15-16(13-23(27)29)26(32)34-20-6-4-5-18(14-20)28-24(30)21-7-2-3-8-22(21)25(28)31/h2-6,9-12,14,16,21-22H,7-8,13,15H2,1H3/t16-,21-,22-/m1/s1. The molecule has 34 heavy (non-hydrogen) atoms. The lowest BCUT2D eigenvalue weighted by Crippen LogP contribution is -2.31. The maximum absolute atomic E-state index is 12.9. The number of anilines is 2. The first-order chi connectivity index (χ1) is 16.5. The molecular weight excluding hydrogens is 436 g/mol. The molecule has 3 amide bonds. The molecular formula is C26H24N2O6. The van der Waals surface area contributed by atoms with Gasteiger partial charge in [-0.3, -0.25) is 19.2 Å². The second kappa shape index (κ2) is 8.78. The Morgan fingerprint density at radius 1 is 0.882 bits per heavy atom. The summed E-state index contributed by atoms with van der Waals surface area (Å²) in [7, 11) is 1.57. The molecule has 2 aromatic carbocycles. The molecule has 2 saturated heterocycles. The number of fused-ring (bicyclic) bond motifs is 1. The van der Waals surface area contributed by atoms with Gasteiger partial charge in [0.15, 0.2) is 0 Å². The zero-order valence-electron chi connectivity index (χ0n) is 18.7. The summed E-state index contributed by atoms with van der Waals surface area (Å²) in [6, 6.07) is 13.5. The highest BCUT2D eigenvalue weighted by atomic mass is 16.5. The summed E-state index contributed by atoms with van der Waals surface area (Å²) in [6.45, 7) is 0.211. The molecule has 0 spiro atoms. The monoisotopic (exact) mass is 460 g/mol. The fourth-order valence-electron chi connectivity index (χ4n) is 4.82. The summed E-state index contributed by atoms with van der Waals surface area (Å²) in [5.74, 6) is -1.53. The third-order valence-corrected chi connectivity index (χ3v) is 6.64. The number of esters is 1. The lowest BCUT2D eigenvalue weighted by atomic mass is 9.85. The Labute approximate surface area is 196 Å². The van der Waals surface area contributed by atoms with Crippen molar-refractivity contribution in [2.24, 2.45) is 17.8 Å². The molecule has 0 unspecified atom stereocenters. The molecule has 0 bridgehead atoms. The number of allylic oxidation sites excluding steroid dienone is 2. The van der Waals surface area contributed by atoms with Crippen LogP contribution < -0.4 is 19.3 Å². The van der Waals surface area contributed by atoms with E-state index in [1.165, 1.54) is 11.0 Å². The Kier molecular flexibility index (Phi) is 5.65. The Morgan fingerprint density at radius 3 is 2.21 bits per heavy atom. The zero-order chi connectivity index (χ0) is 23.8. The van der Waals surface area contributed by atoms with Crippen molar-refractivity contribution in [3.8, 4) is 11.5 Å². The molecule has 0 saturated carbocycles. The maximum Gasteiger partial charge on any atom is 0.316 e. The van der Waals surface area contributed by atoms with Crippen LogP contribution >= 0.6 is 0 Å². The van der Waals surface area contributed by atoms with Gasteiger partial charge in [0, 0.05) is 24.7 Å². The predicted octanol–water partition coefficient (Wildman–Crippen LogP) is 3.11. The number of ether oxygens (including phenoxy) is 2. The molecule has 1 aliphatic carbocycles. The van der Waals surface area contributed by atoms with Crippen LogP contribution in [0, 0.1) is 17.8 Å². The van der Waals surface area contributed by atoms with E-state index in [4.69, 9.17) is 9.47 Å². The number of amides is 3. The van der Waals surface area contributed by atoms with Crippen molar-refractivity contribution in [2.75, 3.05) is 23.5 Å². The molecule has 0 radical (unpaired) electrons. The maximum atomic E-state index is 12.9. The van der Waals surface area contributed by atoms with Crippen molar-refractivity contribution in [3.05, 3.63) is 60.7 Å². The number of hydrogen-bond donors (Lipinski definition) is 0. The lowest BCUT2D eigenvalue weighted by Gasteiger charge is -2.17. The summed E-state index contributed by atoms with van der Waals surface area (Å²) >= 11 is 0. The summed E-state index contributed by atoms with van der Waals surface area (Å²) in [5, 5.41) is 0. The minimum absolute atomic E-state index is 0.0456. The Balaban J connectivity index is 1.28. The van der Waals surface area contributed by atoms with E-state index in [2.05, 4.69) is 0 Å². The number of rotatable bonds is 5. The zero-order valence-corrected chi connectivity index (χ0v) is 18.7. The lowest BCUT2D eigenvalue weighted by molar-refractivity contribution is -0.139. The summed E-state index contributed by atoms with van der Waals surface area (Å²) in [5.41, 5.74) is 1.07. The molecule has 0 N–H and O–H groups in total. The summed E-state index contributed by atoms with van der Waals surface area (Å²) < 4.78 is 10.7. The van der Waals surface area contributed by atoms with Crippen LogP contribution in [0.15, 0.2) is 60.7 Å². The largest absolute Gasteiger partial charge is 0.497 e. The van der Waals surface area contributed by atoms with E-state index in [9.17, 15) is 19.2 Å². The Hall–Kier alpha value is -3.94. The first-order valence-electron chi connectivity index (χ1n) is 11.2. The van der Waals surface area contributed by atoms with Crippen LogP contribution in [0.3, 0.4) is 0 Å². The number of nitrogens with zero attached hydrogens (tertiary/aromatic N) is 2. The van der Waals surface area contributed by atoms with Crippen molar-refractivity contribution in [3.63, 3.8) is 0 Å². The van der Waals surface area contributed by atoms with Gasteiger partial charge in [-0.2, -0.15) is 0 Å². The smallest absolute Gasteiger partial charge is 0.316 e. The molecule has 2 heterocycles. The average molecular weight is 460 g/mol. The van der Waals surface area contributed by atoms with Gasteiger partial charge in [-0.15, -0.1) is 0 Å². The normalized spacial score (nSPS) is 23.9. The van der Waals surface area contributed by atoms with Crippen LogP contribution in [0.2, 0.25) is 0 Å². The van der Waals surface area contributed by atoms with Crippen LogP contribution in [0.5, 0.6) is 11.5 Å². The molecule has 0 aromatic heterocycles. The predicted molar refractivity (Wildman–Crippen MR) is 123 cm³/mol. The molecule has 2 aliphatic heterocycles. The van der Waals surface area contributed by atoms with Crippen LogP contribution in [0.4, 0.5) is 11.4 Å². The third-order valence-electron chi connectivity index (χ3n) is 6.64. The van der Waals surface area contributed by atoms with Crippen molar-refractivity contribution in [1.29, 1.82) is 0 Å². The van der Waals surface area contributed by atoms with Gasteiger partial charge in [-0.1, -0.05) is 18.2 Å². The van der Waals surface area contributed by atoms with Crippen molar-refractivity contribution < 1.29 is 28.7 Å². The van der Waals surface area contributed by atoms with Gasteiger partial charge in [-0.25, -0.2) is 4.90 Å². The fraction of sp³-hybridized carbons (Fsp3) is 0.308. The van der Waals surface area contributed by atoms with Crippen molar-refractivity contribution >= 4 is 35.1 Å². The van der Waals surface area contributed by atoms with E-state index in [-0.39, 0.29) is 48.3 Å². The number of hydrogen-bond acceptors (Lipinski definition) is 6. The van der Waals surface area contributed by atoms with Gasteiger partial charge in [-0.05, 0) is 49.2 Å². The Morgan fingerprint density at radius 2 is 1.56 bits per heavy atom. The highest BCUT2D eigenvalue weighted by molar-refractivity contribution is 6.22. The van der Waals surface area contributed by atoms with Crippen LogP contribution in [-0.2, 0) is 19.2 Å². The number of benzene rings is 2. The molecule has 8 heteroatoms. The fourth-order valence-corrected chi connectivity index (χ4v) is 4.82. The van der Waals surface area contributed by atoms with Gasteiger partial charge < -0.3 is 14.4 Å². The quantitative estimate of drug-likeness (QED) is 0.295. The third kappa shape index (κ3) is 3.85. The molecule has 3 aliphatic rings. The summed E-state index contributed by atoms with van der Waals surface area (Å²) in [4.78, 5) is 53.8. The van der Waals surface area contributed by atoms with Crippen LogP contribution in [-0.4, -0.2) is 37.3 Å². The average Bonchev–Trinajstić information content (AvgIpc) is 3.37. The van der Waals surface area contributed by atoms with Gasteiger partial charge in [0.1, 0.15) is 11.5 Å². The Bertz CT molecular complexity index is 1160. The van der Waals surface area contributed by atoms with E-state index in [0.29, 0.717) is 30.0 Å². The first kappa shape index (κ1) is 21.9. The first-order valence-corrected chi connectivity index (χ1v) is 11.2.